The second-order valence-electron chi connectivity index (χ2n) is 5.58. The SMILES string of the molecule is CCC1CN(C)CCCN1S(=O)(=O)c1cc(CO)sc1C. The lowest BCUT2D eigenvalue weighted by Gasteiger charge is -2.29. The van der Waals surface area contributed by atoms with Gasteiger partial charge in [0.25, 0.3) is 0 Å². The average molecular weight is 332 g/mol. The van der Waals surface area contributed by atoms with E-state index in [1.54, 1.807) is 10.4 Å². The molecule has 1 N–H and O–H groups in total. The maximum atomic E-state index is 13.0. The molecule has 2 heterocycles. The molecule has 7 heteroatoms. The summed E-state index contributed by atoms with van der Waals surface area (Å²) in [6, 6.07) is 1.63. The molecule has 0 bridgehead atoms. The van der Waals surface area contributed by atoms with Crippen LogP contribution in [-0.4, -0.2) is 55.5 Å². The van der Waals surface area contributed by atoms with Gasteiger partial charge in [-0.1, -0.05) is 6.92 Å². The zero-order valence-electron chi connectivity index (χ0n) is 12.9. The number of thiophene rings is 1. The molecule has 0 spiro atoms. The molecule has 1 aromatic heterocycles. The van der Waals surface area contributed by atoms with Crippen LogP contribution in [0.15, 0.2) is 11.0 Å². The van der Waals surface area contributed by atoms with Crippen molar-refractivity contribution in [1.29, 1.82) is 0 Å². The van der Waals surface area contributed by atoms with Crippen LogP contribution in [0.5, 0.6) is 0 Å². The molecule has 120 valence electrons. The molecule has 1 saturated heterocycles. The van der Waals surface area contributed by atoms with Crippen LogP contribution in [0, 0.1) is 6.92 Å². The van der Waals surface area contributed by atoms with Crippen LogP contribution >= 0.6 is 11.3 Å². The van der Waals surface area contributed by atoms with Gasteiger partial charge in [-0.2, -0.15) is 4.31 Å². The predicted molar refractivity (Wildman–Crippen MR) is 85.1 cm³/mol. The lowest BCUT2D eigenvalue weighted by Crippen LogP contribution is -2.43. The molecule has 0 aliphatic carbocycles. The molecule has 1 fully saturated rings. The van der Waals surface area contributed by atoms with Crippen molar-refractivity contribution in [3.8, 4) is 0 Å². The highest BCUT2D eigenvalue weighted by Crippen LogP contribution is 2.30. The van der Waals surface area contributed by atoms with E-state index in [0.29, 0.717) is 16.3 Å². The van der Waals surface area contributed by atoms with Crippen LogP contribution in [0.2, 0.25) is 0 Å². The molecule has 0 saturated carbocycles. The van der Waals surface area contributed by atoms with Crippen LogP contribution in [0.1, 0.15) is 29.5 Å². The summed E-state index contributed by atoms with van der Waals surface area (Å²) in [6.07, 6.45) is 1.65. The third kappa shape index (κ3) is 3.48. The van der Waals surface area contributed by atoms with Crippen molar-refractivity contribution in [3.63, 3.8) is 0 Å². The molecule has 1 atom stereocenters. The number of rotatable bonds is 4. The van der Waals surface area contributed by atoms with Crippen LogP contribution in [0.4, 0.5) is 0 Å². The maximum Gasteiger partial charge on any atom is 0.244 e. The molecule has 5 nitrogen and oxygen atoms in total. The summed E-state index contributed by atoms with van der Waals surface area (Å²) in [4.78, 5) is 4.01. The summed E-state index contributed by atoms with van der Waals surface area (Å²) in [7, 11) is -1.44. The summed E-state index contributed by atoms with van der Waals surface area (Å²) in [5.74, 6) is 0. The number of likely N-dealkylation sites (N-methyl/N-ethyl adjacent to an activating group) is 1. The topological polar surface area (TPSA) is 60.9 Å². The fraction of sp³-hybridized carbons (Fsp3) is 0.714. The molecule has 21 heavy (non-hydrogen) atoms. The van der Waals surface area contributed by atoms with Gasteiger partial charge in [0.05, 0.1) is 11.5 Å². The van der Waals surface area contributed by atoms with Crippen molar-refractivity contribution < 1.29 is 13.5 Å². The fourth-order valence-electron chi connectivity index (χ4n) is 2.85. The smallest absolute Gasteiger partial charge is 0.244 e. The summed E-state index contributed by atoms with van der Waals surface area (Å²) < 4.78 is 27.7. The summed E-state index contributed by atoms with van der Waals surface area (Å²) >= 11 is 1.35. The number of nitrogens with zero attached hydrogens (tertiary/aromatic N) is 2. The molecule has 0 amide bonds. The van der Waals surface area contributed by atoms with Crippen LogP contribution in [-0.2, 0) is 16.6 Å². The number of aryl methyl sites for hydroxylation is 1. The minimum absolute atomic E-state index is 0.0133. The third-order valence-electron chi connectivity index (χ3n) is 3.99. The Morgan fingerprint density at radius 3 is 2.71 bits per heavy atom. The second kappa shape index (κ2) is 6.75. The second-order valence-corrected chi connectivity index (χ2v) is 8.78. The minimum Gasteiger partial charge on any atom is -0.391 e. The Morgan fingerprint density at radius 2 is 2.14 bits per heavy atom. The monoisotopic (exact) mass is 332 g/mol. The van der Waals surface area contributed by atoms with E-state index in [4.69, 9.17) is 0 Å². The number of aliphatic hydroxyl groups is 1. The lowest BCUT2D eigenvalue weighted by atomic mass is 10.2. The Hall–Kier alpha value is -0.470. The first-order chi connectivity index (χ1) is 9.90. The molecule has 1 aliphatic heterocycles. The van der Waals surface area contributed by atoms with Crippen molar-refractivity contribution in [2.45, 2.75) is 44.2 Å². The lowest BCUT2D eigenvalue weighted by molar-refractivity contribution is 0.270. The number of sulfonamides is 1. The van der Waals surface area contributed by atoms with E-state index < -0.39 is 10.0 Å². The average Bonchev–Trinajstić information content (AvgIpc) is 2.71. The van der Waals surface area contributed by atoms with E-state index in [0.717, 1.165) is 30.8 Å². The molecule has 0 radical (unpaired) electrons. The largest absolute Gasteiger partial charge is 0.391 e. The molecular weight excluding hydrogens is 308 g/mol. The summed E-state index contributed by atoms with van der Waals surface area (Å²) in [5, 5.41) is 9.22. The van der Waals surface area contributed by atoms with Gasteiger partial charge in [0.1, 0.15) is 0 Å². The van der Waals surface area contributed by atoms with E-state index in [1.165, 1.54) is 11.3 Å². The van der Waals surface area contributed by atoms with E-state index in [1.807, 2.05) is 20.9 Å². The fourth-order valence-corrected chi connectivity index (χ4v) is 6.05. The molecule has 1 aliphatic rings. The molecular formula is C14H24N2O3S2. The van der Waals surface area contributed by atoms with E-state index in [9.17, 15) is 13.5 Å². The summed E-state index contributed by atoms with van der Waals surface area (Å²) in [5.41, 5.74) is 0. The predicted octanol–water partition coefficient (Wildman–Crippen LogP) is 1.65. The van der Waals surface area contributed by atoms with Gasteiger partial charge < -0.3 is 10.0 Å². The highest BCUT2D eigenvalue weighted by atomic mass is 32.2. The minimum atomic E-state index is -3.48. The molecule has 1 aromatic rings. The van der Waals surface area contributed by atoms with Gasteiger partial charge in [-0.3, -0.25) is 0 Å². The zero-order chi connectivity index (χ0) is 15.6. The van der Waals surface area contributed by atoms with Crippen LogP contribution in [0.3, 0.4) is 0 Å². The molecule has 0 aromatic carbocycles. The van der Waals surface area contributed by atoms with E-state index >= 15 is 0 Å². The first-order valence-electron chi connectivity index (χ1n) is 7.30. The number of aliphatic hydroxyl groups excluding tert-OH is 1. The van der Waals surface area contributed by atoms with Gasteiger partial charge in [-0.15, -0.1) is 11.3 Å². The van der Waals surface area contributed by atoms with Crippen molar-refractivity contribution in [2.24, 2.45) is 0 Å². The quantitative estimate of drug-likeness (QED) is 0.911. The maximum absolute atomic E-state index is 13.0. The van der Waals surface area contributed by atoms with Gasteiger partial charge in [-0.05, 0) is 39.4 Å². The Kier molecular flexibility index (Phi) is 5.43. The first kappa shape index (κ1) is 16.9. The van der Waals surface area contributed by atoms with E-state index in [-0.39, 0.29) is 12.6 Å². The van der Waals surface area contributed by atoms with Crippen molar-refractivity contribution >= 4 is 21.4 Å². The Bertz CT molecular complexity index is 583. The molecule has 2 rings (SSSR count). The highest BCUT2D eigenvalue weighted by Gasteiger charge is 2.34. The van der Waals surface area contributed by atoms with Gasteiger partial charge in [0.2, 0.25) is 10.0 Å². The van der Waals surface area contributed by atoms with Crippen molar-refractivity contribution in [1.82, 2.24) is 9.21 Å². The summed E-state index contributed by atoms with van der Waals surface area (Å²) in [6.45, 7) is 5.99. The highest BCUT2D eigenvalue weighted by molar-refractivity contribution is 7.89. The molecule has 1 unspecified atom stereocenters. The Morgan fingerprint density at radius 1 is 1.43 bits per heavy atom. The van der Waals surface area contributed by atoms with Gasteiger partial charge in [-0.25, -0.2) is 8.42 Å². The van der Waals surface area contributed by atoms with Gasteiger partial charge in [0, 0.05) is 28.9 Å². The third-order valence-corrected chi connectivity index (χ3v) is 7.23. The van der Waals surface area contributed by atoms with E-state index in [2.05, 4.69) is 4.90 Å². The Labute approximate surface area is 131 Å². The first-order valence-corrected chi connectivity index (χ1v) is 9.56. The standard InChI is InChI=1S/C14H24N2O3S2/c1-4-12-9-15(3)6-5-7-16(12)21(18,19)14-8-13(10-17)20-11(14)2/h8,12,17H,4-7,9-10H2,1-3H3. The van der Waals surface area contributed by atoms with Gasteiger partial charge >= 0.3 is 0 Å². The number of hydrogen-bond donors (Lipinski definition) is 1. The Balaban J connectivity index is 2.38. The van der Waals surface area contributed by atoms with Crippen molar-refractivity contribution in [3.05, 3.63) is 15.8 Å². The van der Waals surface area contributed by atoms with Crippen LogP contribution < -0.4 is 0 Å². The normalized spacial score (nSPS) is 22.4. The van der Waals surface area contributed by atoms with Crippen LogP contribution in [0.25, 0.3) is 0 Å². The van der Waals surface area contributed by atoms with Gasteiger partial charge in [0.15, 0.2) is 0 Å². The number of hydrogen-bond acceptors (Lipinski definition) is 5. The van der Waals surface area contributed by atoms with Crippen molar-refractivity contribution in [2.75, 3.05) is 26.7 Å². The zero-order valence-corrected chi connectivity index (χ0v) is 14.5.